The molecule has 5 N–H and O–H groups in total. The van der Waals surface area contributed by atoms with Crippen molar-refractivity contribution in [2.24, 2.45) is 5.92 Å². The van der Waals surface area contributed by atoms with E-state index in [1.165, 1.54) is 116 Å². The quantitative estimate of drug-likeness (QED) is 0.0356. The lowest BCUT2D eigenvalue weighted by Crippen LogP contribution is -2.53. The van der Waals surface area contributed by atoms with Gasteiger partial charge < -0.3 is 25.7 Å². The molecule has 0 rings (SSSR count). The van der Waals surface area contributed by atoms with Crippen molar-refractivity contribution in [2.45, 2.75) is 218 Å². The van der Waals surface area contributed by atoms with Crippen LogP contribution in [-0.4, -0.2) is 57.3 Å². The van der Waals surface area contributed by atoms with Gasteiger partial charge in [0.15, 0.2) is 0 Å². The van der Waals surface area contributed by atoms with Crippen LogP contribution in [0.1, 0.15) is 194 Å². The third-order valence-electron chi connectivity index (χ3n) is 9.15. The first-order chi connectivity index (χ1) is 21.8. The van der Waals surface area contributed by atoms with Gasteiger partial charge in [0.25, 0.3) is 0 Å². The van der Waals surface area contributed by atoms with Gasteiger partial charge in [0.2, 0.25) is 5.91 Å². The minimum atomic E-state index is -1.27. The first-order valence-corrected chi connectivity index (χ1v) is 19.4. The topological polar surface area (TPSA) is 110 Å². The molecule has 45 heavy (non-hydrogen) atoms. The third-order valence-corrected chi connectivity index (χ3v) is 9.15. The highest BCUT2D eigenvalue weighted by atomic mass is 16.3. The fourth-order valence-corrected chi connectivity index (χ4v) is 5.99. The largest absolute Gasteiger partial charge is 0.394 e. The number of aliphatic hydroxyl groups excluding tert-OH is 4. The summed E-state index contributed by atoms with van der Waals surface area (Å²) in [6.45, 7) is 6.36. The highest BCUT2D eigenvalue weighted by Gasteiger charge is 2.28. The zero-order valence-electron chi connectivity index (χ0n) is 30.0. The van der Waals surface area contributed by atoms with Gasteiger partial charge in [-0.3, -0.25) is 4.79 Å². The lowest BCUT2D eigenvalue weighted by Gasteiger charge is -2.27. The predicted molar refractivity (Wildman–Crippen MR) is 191 cm³/mol. The number of carbonyl (C=O) groups excluding carboxylic acids is 1. The number of allylic oxidation sites excluding steroid dienone is 2. The molecule has 268 valence electrons. The van der Waals surface area contributed by atoms with Crippen molar-refractivity contribution >= 4 is 5.91 Å². The second-order valence-electron chi connectivity index (χ2n) is 14.1. The second-order valence-corrected chi connectivity index (χ2v) is 14.1. The Morgan fingerprint density at radius 1 is 0.578 bits per heavy atom. The van der Waals surface area contributed by atoms with Crippen LogP contribution in [0.3, 0.4) is 0 Å². The van der Waals surface area contributed by atoms with Crippen molar-refractivity contribution in [1.82, 2.24) is 5.32 Å². The summed E-state index contributed by atoms with van der Waals surface area (Å²) in [7, 11) is 0. The van der Waals surface area contributed by atoms with E-state index < -0.39 is 36.9 Å². The van der Waals surface area contributed by atoms with Crippen molar-refractivity contribution in [3.8, 4) is 0 Å². The van der Waals surface area contributed by atoms with Crippen LogP contribution in [0.15, 0.2) is 12.2 Å². The van der Waals surface area contributed by atoms with Crippen LogP contribution in [0.5, 0.6) is 0 Å². The molecule has 0 unspecified atom stereocenters. The Labute approximate surface area is 279 Å². The van der Waals surface area contributed by atoms with Crippen molar-refractivity contribution in [3.05, 3.63) is 12.2 Å². The van der Waals surface area contributed by atoms with Crippen molar-refractivity contribution in [2.75, 3.05) is 6.61 Å². The van der Waals surface area contributed by atoms with E-state index in [2.05, 4.69) is 38.2 Å². The number of amides is 1. The van der Waals surface area contributed by atoms with E-state index in [4.69, 9.17) is 0 Å². The maximum absolute atomic E-state index is 12.4. The SMILES string of the molecule is CCCCCCCCCCCCCC[C@@H](O)C(=O)N[C@@H](CO)[C@H](O)[C@H](O)CCCC/C=C\CCCCCCCCCCC(C)C. The minimum absolute atomic E-state index is 0.367. The van der Waals surface area contributed by atoms with Crippen LogP contribution in [0, 0.1) is 5.92 Å². The first-order valence-electron chi connectivity index (χ1n) is 19.4. The van der Waals surface area contributed by atoms with Crippen LogP contribution >= 0.6 is 0 Å². The van der Waals surface area contributed by atoms with E-state index >= 15 is 0 Å². The van der Waals surface area contributed by atoms with Crippen molar-refractivity contribution < 1.29 is 25.2 Å². The molecule has 0 aromatic rings. The van der Waals surface area contributed by atoms with Crippen LogP contribution < -0.4 is 5.32 Å². The van der Waals surface area contributed by atoms with E-state index in [-0.39, 0.29) is 0 Å². The molecule has 0 spiro atoms. The molecule has 0 aliphatic rings. The van der Waals surface area contributed by atoms with Crippen LogP contribution in [-0.2, 0) is 4.79 Å². The number of hydrogen-bond acceptors (Lipinski definition) is 5. The van der Waals surface area contributed by atoms with Crippen LogP contribution in [0.2, 0.25) is 0 Å². The maximum Gasteiger partial charge on any atom is 0.249 e. The fourth-order valence-electron chi connectivity index (χ4n) is 5.99. The lowest BCUT2D eigenvalue weighted by atomic mass is 9.99. The monoisotopic (exact) mass is 640 g/mol. The van der Waals surface area contributed by atoms with Crippen molar-refractivity contribution in [1.29, 1.82) is 0 Å². The molecule has 4 atom stereocenters. The molecule has 6 nitrogen and oxygen atoms in total. The van der Waals surface area contributed by atoms with Gasteiger partial charge in [0, 0.05) is 0 Å². The standard InChI is InChI=1S/C39H77NO5/c1-4-5-6-7-8-9-10-16-20-23-26-29-32-37(43)39(45)40-35(33-41)38(44)36(42)31-28-25-22-19-17-14-12-11-13-15-18-21-24-27-30-34(2)3/h17,19,34-38,41-44H,4-16,18,20-33H2,1-3H3,(H,40,45)/b19-17-/t35-,36+,37+,38-/m0/s1. The van der Waals surface area contributed by atoms with E-state index in [9.17, 15) is 25.2 Å². The Morgan fingerprint density at radius 3 is 1.44 bits per heavy atom. The molecule has 0 heterocycles. The third kappa shape index (κ3) is 29.0. The first kappa shape index (κ1) is 44.0. The van der Waals surface area contributed by atoms with Gasteiger partial charge in [-0.1, -0.05) is 168 Å². The summed E-state index contributed by atoms with van der Waals surface area (Å²) in [5, 5.41) is 43.5. The molecule has 1 amide bonds. The van der Waals surface area contributed by atoms with Gasteiger partial charge in [-0.15, -0.1) is 0 Å². The zero-order chi connectivity index (χ0) is 33.4. The molecular weight excluding hydrogens is 562 g/mol. The lowest BCUT2D eigenvalue weighted by molar-refractivity contribution is -0.132. The Morgan fingerprint density at radius 2 is 0.978 bits per heavy atom. The molecule has 0 saturated heterocycles. The number of carbonyl (C=O) groups is 1. The van der Waals surface area contributed by atoms with E-state index in [0.717, 1.165) is 50.9 Å². The summed E-state index contributed by atoms with van der Waals surface area (Å²) < 4.78 is 0. The number of hydrogen-bond donors (Lipinski definition) is 5. The van der Waals surface area contributed by atoms with E-state index in [0.29, 0.717) is 12.8 Å². The van der Waals surface area contributed by atoms with Gasteiger partial charge in [-0.2, -0.15) is 0 Å². The number of rotatable bonds is 34. The molecule has 0 aliphatic carbocycles. The van der Waals surface area contributed by atoms with Gasteiger partial charge >= 0.3 is 0 Å². The summed E-state index contributed by atoms with van der Waals surface area (Å²) in [5.41, 5.74) is 0. The van der Waals surface area contributed by atoms with E-state index in [1.807, 2.05) is 0 Å². The number of nitrogens with one attached hydrogen (secondary N) is 1. The van der Waals surface area contributed by atoms with Crippen LogP contribution in [0.4, 0.5) is 0 Å². The maximum atomic E-state index is 12.4. The predicted octanol–water partition coefficient (Wildman–Crippen LogP) is 9.31. The summed E-state index contributed by atoms with van der Waals surface area (Å²) in [6.07, 6.45) is 32.3. The Hall–Kier alpha value is -0.950. The normalized spacial score (nSPS) is 14.7. The van der Waals surface area contributed by atoms with Gasteiger partial charge in [0.05, 0.1) is 18.8 Å². The molecule has 0 radical (unpaired) electrons. The van der Waals surface area contributed by atoms with Gasteiger partial charge in [0.1, 0.15) is 12.2 Å². The smallest absolute Gasteiger partial charge is 0.249 e. The molecule has 6 heteroatoms. The second kappa shape index (κ2) is 33.0. The van der Waals surface area contributed by atoms with Crippen molar-refractivity contribution in [3.63, 3.8) is 0 Å². The van der Waals surface area contributed by atoms with Crippen LogP contribution in [0.25, 0.3) is 0 Å². The fraction of sp³-hybridized carbons (Fsp3) is 0.923. The number of unbranched alkanes of at least 4 members (excludes halogenated alkanes) is 21. The summed E-state index contributed by atoms with van der Waals surface area (Å²) in [5.74, 6) is 0.244. The van der Waals surface area contributed by atoms with Gasteiger partial charge in [-0.05, 0) is 44.4 Å². The molecule has 0 saturated carbocycles. The van der Waals surface area contributed by atoms with E-state index in [1.54, 1.807) is 0 Å². The Bertz CT molecular complexity index is 655. The minimum Gasteiger partial charge on any atom is -0.394 e. The molecule has 0 aliphatic heterocycles. The zero-order valence-corrected chi connectivity index (χ0v) is 30.0. The molecule has 0 fully saturated rings. The Balaban J connectivity index is 3.82. The molecule has 0 bridgehead atoms. The summed E-state index contributed by atoms with van der Waals surface area (Å²) in [6, 6.07) is -0.992. The molecular formula is C39H77NO5. The molecule has 0 aromatic heterocycles. The summed E-state index contributed by atoms with van der Waals surface area (Å²) >= 11 is 0. The van der Waals surface area contributed by atoms with Gasteiger partial charge in [-0.25, -0.2) is 0 Å². The Kier molecular flexibility index (Phi) is 32.3. The number of aliphatic hydroxyl groups is 4. The summed E-state index contributed by atoms with van der Waals surface area (Å²) in [4.78, 5) is 12.4. The molecule has 0 aromatic carbocycles. The highest BCUT2D eigenvalue weighted by molar-refractivity contribution is 5.80. The highest BCUT2D eigenvalue weighted by Crippen LogP contribution is 2.16. The average Bonchev–Trinajstić information content (AvgIpc) is 3.03. The average molecular weight is 640 g/mol.